The van der Waals surface area contributed by atoms with Gasteiger partial charge in [0, 0.05) is 24.4 Å². The van der Waals surface area contributed by atoms with Gasteiger partial charge in [0.25, 0.3) is 0 Å². The van der Waals surface area contributed by atoms with Crippen LogP contribution in [-0.4, -0.2) is 5.78 Å². The van der Waals surface area contributed by atoms with Gasteiger partial charge < -0.3 is 5.32 Å². The third-order valence-corrected chi connectivity index (χ3v) is 4.38. The van der Waals surface area contributed by atoms with E-state index in [1.807, 2.05) is 42.5 Å². The predicted molar refractivity (Wildman–Crippen MR) is 89.4 cm³/mol. The van der Waals surface area contributed by atoms with Crippen LogP contribution in [0.5, 0.6) is 0 Å². The summed E-state index contributed by atoms with van der Waals surface area (Å²) in [7, 11) is 0. The number of hydrogen-bond donors (Lipinski definition) is 1. The van der Waals surface area contributed by atoms with Gasteiger partial charge >= 0.3 is 0 Å². The van der Waals surface area contributed by atoms with Crippen LogP contribution in [0, 0.1) is 5.92 Å². The van der Waals surface area contributed by atoms with Crippen LogP contribution in [0.1, 0.15) is 36.1 Å². The molecular formula is C20H21NO. The molecule has 0 aromatic heterocycles. The summed E-state index contributed by atoms with van der Waals surface area (Å²) < 4.78 is 0. The second-order valence-corrected chi connectivity index (χ2v) is 5.82. The monoisotopic (exact) mass is 291 g/mol. The molecule has 0 unspecified atom stereocenters. The van der Waals surface area contributed by atoms with Crippen molar-refractivity contribution in [2.24, 2.45) is 5.92 Å². The van der Waals surface area contributed by atoms with Gasteiger partial charge in [0.2, 0.25) is 0 Å². The van der Waals surface area contributed by atoms with Gasteiger partial charge in [-0.05, 0) is 17.5 Å². The lowest BCUT2D eigenvalue weighted by molar-refractivity contribution is -0.126. The Kier molecular flexibility index (Phi) is 4.50. The Morgan fingerprint density at radius 1 is 1.00 bits per heavy atom. The smallest absolute Gasteiger partial charge is 0.140 e. The third kappa shape index (κ3) is 3.02. The first-order valence-electron chi connectivity index (χ1n) is 7.79. The molecule has 0 saturated carbocycles. The zero-order valence-electron chi connectivity index (χ0n) is 12.6. The lowest BCUT2D eigenvalue weighted by atomic mass is 9.79. The molecule has 1 N–H and O–H groups in total. The van der Waals surface area contributed by atoms with Crippen LogP contribution in [0.15, 0.2) is 73.3 Å². The maximum absolute atomic E-state index is 12.7. The maximum Gasteiger partial charge on any atom is 0.140 e. The minimum absolute atomic E-state index is 0.0279. The number of piperidine rings is 1. The number of allylic oxidation sites excluding steroid dienone is 1. The summed E-state index contributed by atoms with van der Waals surface area (Å²) in [5.74, 6) is 0.293. The normalized spacial score (nSPS) is 24.9. The number of ketones is 1. The highest BCUT2D eigenvalue weighted by atomic mass is 16.1. The fraction of sp³-hybridized carbons (Fsp3) is 0.250. The Labute approximate surface area is 131 Å². The zero-order chi connectivity index (χ0) is 15.4. The second-order valence-electron chi connectivity index (χ2n) is 5.82. The lowest BCUT2D eigenvalue weighted by Crippen LogP contribution is -2.42. The molecule has 3 rings (SSSR count). The minimum atomic E-state index is -0.0279. The van der Waals surface area contributed by atoms with E-state index in [1.165, 1.54) is 11.1 Å². The van der Waals surface area contributed by atoms with E-state index in [9.17, 15) is 4.79 Å². The molecule has 0 bridgehead atoms. The molecule has 0 aliphatic carbocycles. The van der Waals surface area contributed by atoms with E-state index in [1.54, 1.807) is 0 Å². The number of benzene rings is 2. The quantitative estimate of drug-likeness (QED) is 0.854. The Balaban J connectivity index is 1.92. The van der Waals surface area contributed by atoms with E-state index in [4.69, 9.17) is 0 Å². The van der Waals surface area contributed by atoms with Gasteiger partial charge in [-0.1, -0.05) is 66.7 Å². The fourth-order valence-corrected chi connectivity index (χ4v) is 3.27. The summed E-state index contributed by atoms with van der Waals surface area (Å²) >= 11 is 0. The number of carbonyl (C=O) groups excluding carboxylic acids is 1. The van der Waals surface area contributed by atoms with Gasteiger partial charge in [-0.15, -0.1) is 6.58 Å². The molecule has 1 fully saturated rings. The number of Topliss-reactive ketones (excluding diaryl/α,β-unsaturated/α-hetero) is 1. The van der Waals surface area contributed by atoms with E-state index in [0.29, 0.717) is 18.6 Å². The van der Waals surface area contributed by atoms with Crippen molar-refractivity contribution in [2.45, 2.75) is 24.9 Å². The Morgan fingerprint density at radius 3 is 2.18 bits per heavy atom. The summed E-state index contributed by atoms with van der Waals surface area (Å²) in [5, 5.41) is 3.68. The highest BCUT2D eigenvalue weighted by Gasteiger charge is 2.36. The Hall–Kier alpha value is -2.19. The van der Waals surface area contributed by atoms with Crippen molar-refractivity contribution in [2.75, 3.05) is 0 Å². The molecule has 2 heteroatoms. The number of carbonyl (C=O) groups is 1. The molecule has 0 spiro atoms. The molecule has 0 radical (unpaired) electrons. The molecule has 0 amide bonds. The van der Waals surface area contributed by atoms with E-state index >= 15 is 0 Å². The highest BCUT2D eigenvalue weighted by Crippen LogP contribution is 2.36. The van der Waals surface area contributed by atoms with Crippen LogP contribution in [0.2, 0.25) is 0 Å². The summed E-state index contributed by atoms with van der Waals surface area (Å²) in [6.45, 7) is 3.81. The molecule has 22 heavy (non-hydrogen) atoms. The summed E-state index contributed by atoms with van der Waals surface area (Å²) in [4.78, 5) is 12.7. The molecule has 1 heterocycles. The van der Waals surface area contributed by atoms with Gasteiger partial charge in [-0.3, -0.25) is 4.79 Å². The van der Waals surface area contributed by atoms with Crippen LogP contribution in [-0.2, 0) is 4.79 Å². The van der Waals surface area contributed by atoms with Gasteiger partial charge in [0.15, 0.2) is 0 Å². The fourth-order valence-electron chi connectivity index (χ4n) is 3.27. The molecular weight excluding hydrogens is 270 g/mol. The average Bonchev–Trinajstić information content (AvgIpc) is 2.58. The van der Waals surface area contributed by atoms with E-state index < -0.39 is 0 Å². The Morgan fingerprint density at radius 2 is 1.59 bits per heavy atom. The van der Waals surface area contributed by atoms with Gasteiger partial charge in [0.05, 0.1) is 0 Å². The molecule has 1 aliphatic rings. The number of nitrogens with one attached hydrogen (secondary N) is 1. The molecule has 2 nitrogen and oxygen atoms in total. The van der Waals surface area contributed by atoms with Crippen molar-refractivity contribution in [1.82, 2.24) is 5.32 Å². The van der Waals surface area contributed by atoms with Crippen LogP contribution < -0.4 is 5.32 Å². The number of rotatable bonds is 4. The first-order chi connectivity index (χ1) is 10.8. The SMILES string of the molecule is C=CC[C@@H]1C(=O)C[C@@H](c2ccccc2)N[C@H]1c1ccccc1. The maximum atomic E-state index is 12.7. The van der Waals surface area contributed by atoms with E-state index in [2.05, 4.69) is 36.2 Å². The third-order valence-electron chi connectivity index (χ3n) is 4.38. The van der Waals surface area contributed by atoms with Crippen molar-refractivity contribution in [1.29, 1.82) is 0 Å². The summed E-state index contributed by atoms with van der Waals surface area (Å²) in [6, 6.07) is 20.6. The van der Waals surface area contributed by atoms with Crippen LogP contribution >= 0.6 is 0 Å². The largest absolute Gasteiger partial charge is 0.302 e. The molecule has 3 atom stereocenters. The topological polar surface area (TPSA) is 29.1 Å². The van der Waals surface area contributed by atoms with E-state index in [-0.39, 0.29) is 18.0 Å². The van der Waals surface area contributed by atoms with Crippen LogP contribution in [0.4, 0.5) is 0 Å². The van der Waals surface area contributed by atoms with Crippen molar-refractivity contribution in [3.63, 3.8) is 0 Å². The van der Waals surface area contributed by atoms with Crippen LogP contribution in [0.25, 0.3) is 0 Å². The standard InChI is InChI=1S/C20H21NO/c1-2-9-17-19(22)14-18(15-10-5-3-6-11-15)21-20(17)16-12-7-4-8-13-16/h2-8,10-13,17-18,20-21H,1,9,14H2/t17-,18+,20+/m1/s1. The first kappa shape index (κ1) is 14.7. The van der Waals surface area contributed by atoms with Crippen LogP contribution in [0.3, 0.4) is 0 Å². The Bertz CT molecular complexity index is 635. The van der Waals surface area contributed by atoms with Crippen molar-refractivity contribution in [3.8, 4) is 0 Å². The summed E-state index contributed by atoms with van der Waals surface area (Å²) in [6.07, 6.45) is 3.11. The average molecular weight is 291 g/mol. The van der Waals surface area contributed by atoms with Crippen molar-refractivity contribution in [3.05, 3.63) is 84.4 Å². The molecule has 1 aliphatic heterocycles. The first-order valence-corrected chi connectivity index (χ1v) is 7.79. The molecule has 1 saturated heterocycles. The second kappa shape index (κ2) is 6.71. The van der Waals surface area contributed by atoms with Gasteiger partial charge in [-0.25, -0.2) is 0 Å². The van der Waals surface area contributed by atoms with Gasteiger partial charge in [-0.2, -0.15) is 0 Å². The number of hydrogen-bond acceptors (Lipinski definition) is 2. The molecule has 2 aromatic rings. The van der Waals surface area contributed by atoms with Gasteiger partial charge in [0.1, 0.15) is 5.78 Å². The van der Waals surface area contributed by atoms with Crippen molar-refractivity contribution < 1.29 is 4.79 Å². The highest BCUT2D eigenvalue weighted by molar-refractivity contribution is 5.84. The predicted octanol–water partition coefficient (Wildman–Crippen LogP) is 4.22. The zero-order valence-corrected chi connectivity index (χ0v) is 12.6. The minimum Gasteiger partial charge on any atom is -0.302 e. The molecule has 2 aromatic carbocycles. The lowest BCUT2D eigenvalue weighted by Gasteiger charge is -2.37. The molecule has 112 valence electrons. The van der Waals surface area contributed by atoms with Crippen molar-refractivity contribution >= 4 is 5.78 Å². The van der Waals surface area contributed by atoms with E-state index in [0.717, 1.165) is 0 Å². The summed E-state index contributed by atoms with van der Waals surface area (Å²) in [5.41, 5.74) is 2.34.